The number of carbonyl (C=O) groups is 2. The number of Topliss-reactive ketones (excluding diaryl/α,β-unsaturated/α-hetero) is 1. The monoisotopic (exact) mass is 466 g/mol. The van der Waals surface area contributed by atoms with Gasteiger partial charge in [0.25, 0.3) is 0 Å². The van der Waals surface area contributed by atoms with E-state index >= 15 is 0 Å². The van der Waals surface area contributed by atoms with Crippen molar-refractivity contribution in [2.45, 2.75) is 39.0 Å². The molecule has 180 valence electrons. The Morgan fingerprint density at radius 2 is 1.74 bits per heavy atom. The van der Waals surface area contributed by atoms with Gasteiger partial charge in [-0.05, 0) is 42.8 Å². The predicted molar refractivity (Wildman–Crippen MR) is 129 cm³/mol. The van der Waals surface area contributed by atoms with Crippen LogP contribution in [0.25, 0.3) is 11.4 Å². The van der Waals surface area contributed by atoms with Gasteiger partial charge in [0.15, 0.2) is 11.6 Å². The molecule has 0 spiro atoms. The Morgan fingerprint density at radius 1 is 0.971 bits per heavy atom. The number of anilines is 1. The fraction of sp³-hybridized carbons (Fsp3) is 0.360. The van der Waals surface area contributed by atoms with Crippen molar-refractivity contribution in [3.63, 3.8) is 0 Å². The van der Waals surface area contributed by atoms with E-state index in [1.807, 2.05) is 0 Å². The van der Waals surface area contributed by atoms with Crippen molar-refractivity contribution in [3.05, 3.63) is 48.0 Å². The van der Waals surface area contributed by atoms with Crippen LogP contribution >= 0.6 is 0 Å². The van der Waals surface area contributed by atoms with E-state index in [2.05, 4.69) is 27.4 Å². The molecule has 0 radical (unpaired) electrons. The number of unbranched alkanes of at least 4 members (excludes halogenated alkanes) is 2. The third-order valence-corrected chi connectivity index (χ3v) is 5.17. The smallest absolute Gasteiger partial charge is 0.249 e. The van der Waals surface area contributed by atoms with Crippen LogP contribution < -0.4 is 19.5 Å². The van der Waals surface area contributed by atoms with E-state index in [1.54, 1.807) is 56.7 Å². The quantitative estimate of drug-likeness (QED) is 0.278. The van der Waals surface area contributed by atoms with Crippen LogP contribution in [0, 0.1) is 0 Å². The highest BCUT2D eigenvalue weighted by Gasteiger charge is 2.15. The first-order valence-electron chi connectivity index (χ1n) is 11.2. The van der Waals surface area contributed by atoms with E-state index in [0.29, 0.717) is 35.1 Å². The van der Waals surface area contributed by atoms with Crippen molar-refractivity contribution < 1.29 is 23.8 Å². The summed E-state index contributed by atoms with van der Waals surface area (Å²) >= 11 is 0. The second kappa shape index (κ2) is 12.4. The van der Waals surface area contributed by atoms with Crippen LogP contribution in [-0.2, 0) is 4.79 Å². The Balaban J connectivity index is 1.50. The molecule has 0 atom stereocenters. The van der Waals surface area contributed by atoms with Crippen LogP contribution in [0.1, 0.15) is 49.4 Å². The lowest BCUT2D eigenvalue weighted by Crippen LogP contribution is -2.14. The van der Waals surface area contributed by atoms with Crippen LogP contribution in [0.5, 0.6) is 17.2 Å². The van der Waals surface area contributed by atoms with E-state index in [0.717, 1.165) is 25.0 Å². The molecule has 3 rings (SSSR count). The molecule has 2 aromatic carbocycles. The van der Waals surface area contributed by atoms with Crippen molar-refractivity contribution in [1.82, 2.24) is 15.2 Å². The lowest BCUT2D eigenvalue weighted by atomic mass is 10.1. The van der Waals surface area contributed by atoms with Gasteiger partial charge in [0.2, 0.25) is 11.9 Å². The summed E-state index contributed by atoms with van der Waals surface area (Å²) < 4.78 is 16.2. The summed E-state index contributed by atoms with van der Waals surface area (Å²) in [6.45, 7) is 2.80. The molecule has 0 bridgehead atoms. The molecular formula is C25H30N4O5. The molecule has 1 amide bonds. The van der Waals surface area contributed by atoms with E-state index in [1.165, 1.54) is 0 Å². The molecule has 0 unspecified atom stereocenters. The molecular weight excluding hydrogens is 436 g/mol. The molecule has 1 aromatic heterocycles. The topological polar surface area (TPSA) is 115 Å². The maximum Gasteiger partial charge on any atom is 0.249 e. The molecule has 9 heteroatoms. The number of hydrogen-bond acceptors (Lipinski definition) is 7. The normalized spacial score (nSPS) is 10.6. The van der Waals surface area contributed by atoms with Crippen LogP contribution in [-0.4, -0.2) is 47.7 Å². The summed E-state index contributed by atoms with van der Waals surface area (Å²) in [5, 5.41) is 9.42. The van der Waals surface area contributed by atoms with Gasteiger partial charge in [0, 0.05) is 24.5 Å². The molecule has 0 saturated heterocycles. The number of hydrogen-bond donors (Lipinski definition) is 2. The Labute approximate surface area is 198 Å². The zero-order chi connectivity index (χ0) is 24.3. The maximum atomic E-state index is 12.4. The predicted octanol–water partition coefficient (Wildman–Crippen LogP) is 4.66. The average Bonchev–Trinajstić information content (AvgIpc) is 3.33. The molecule has 0 saturated carbocycles. The molecule has 3 aromatic rings. The summed E-state index contributed by atoms with van der Waals surface area (Å²) in [7, 11) is 3.11. The van der Waals surface area contributed by atoms with Crippen LogP contribution in [0.2, 0.25) is 0 Å². The SMILES string of the molecule is CCCCCOc1ccc(C(=O)CCC(=O)Nc2n[nH]c(-c3ccc(OC)cc3OC)n2)cc1. The first-order valence-corrected chi connectivity index (χ1v) is 11.2. The number of nitrogens with zero attached hydrogens (tertiary/aromatic N) is 2. The van der Waals surface area contributed by atoms with Gasteiger partial charge in [-0.1, -0.05) is 19.8 Å². The third-order valence-electron chi connectivity index (χ3n) is 5.17. The van der Waals surface area contributed by atoms with Crippen molar-refractivity contribution >= 4 is 17.6 Å². The standard InChI is InChI=1S/C25H30N4O5/c1-4-5-6-15-34-18-9-7-17(8-10-18)21(30)13-14-23(31)26-25-27-24(28-29-25)20-12-11-19(32-2)16-22(20)33-3/h7-12,16H,4-6,13-15H2,1-3H3,(H2,26,27,28,29,31). The van der Waals surface area contributed by atoms with E-state index in [-0.39, 0.29) is 30.5 Å². The molecule has 9 nitrogen and oxygen atoms in total. The number of aromatic amines is 1. The van der Waals surface area contributed by atoms with Gasteiger partial charge in [-0.3, -0.25) is 20.0 Å². The van der Waals surface area contributed by atoms with E-state index in [4.69, 9.17) is 14.2 Å². The van der Waals surface area contributed by atoms with Crippen LogP contribution in [0.15, 0.2) is 42.5 Å². The number of methoxy groups -OCH3 is 2. The second-order valence-corrected chi connectivity index (χ2v) is 7.63. The van der Waals surface area contributed by atoms with Crippen LogP contribution in [0.4, 0.5) is 5.95 Å². The first kappa shape index (κ1) is 24.8. The fourth-order valence-corrected chi connectivity index (χ4v) is 3.27. The number of nitrogens with one attached hydrogen (secondary N) is 2. The summed E-state index contributed by atoms with van der Waals surface area (Å²) in [6, 6.07) is 12.3. The van der Waals surface area contributed by atoms with E-state index in [9.17, 15) is 9.59 Å². The zero-order valence-corrected chi connectivity index (χ0v) is 19.7. The lowest BCUT2D eigenvalue weighted by Gasteiger charge is -2.07. The Kier molecular flexibility index (Phi) is 9.02. The minimum Gasteiger partial charge on any atom is -0.497 e. The van der Waals surface area contributed by atoms with Crippen molar-refractivity contribution in [3.8, 4) is 28.6 Å². The number of amides is 1. The first-order chi connectivity index (χ1) is 16.5. The summed E-state index contributed by atoms with van der Waals surface area (Å²) in [5.74, 6) is 2.02. The number of ketones is 1. The summed E-state index contributed by atoms with van der Waals surface area (Å²) in [4.78, 5) is 29.0. The summed E-state index contributed by atoms with van der Waals surface area (Å²) in [5.41, 5.74) is 1.21. The Bertz CT molecular complexity index is 1090. The average molecular weight is 467 g/mol. The minimum atomic E-state index is -0.350. The largest absolute Gasteiger partial charge is 0.497 e. The lowest BCUT2D eigenvalue weighted by molar-refractivity contribution is -0.116. The van der Waals surface area contributed by atoms with Crippen molar-refractivity contribution in [2.24, 2.45) is 0 Å². The van der Waals surface area contributed by atoms with Gasteiger partial charge < -0.3 is 14.2 Å². The van der Waals surface area contributed by atoms with Gasteiger partial charge in [0.1, 0.15) is 17.2 Å². The van der Waals surface area contributed by atoms with Gasteiger partial charge in [-0.15, -0.1) is 5.10 Å². The molecule has 0 aliphatic rings. The molecule has 2 N–H and O–H groups in total. The van der Waals surface area contributed by atoms with Gasteiger partial charge >= 0.3 is 0 Å². The number of rotatable bonds is 13. The molecule has 1 heterocycles. The highest BCUT2D eigenvalue weighted by Crippen LogP contribution is 2.31. The van der Waals surface area contributed by atoms with E-state index < -0.39 is 0 Å². The highest BCUT2D eigenvalue weighted by atomic mass is 16.5. The third kappa shape index (κ3) is 6.81. The molecule has 0 aliphatic heterocycles. The maximum absolute atomic E-state index is 12.4. The minimum absolute atomic E-state index is 0.0177. The molecule has 0 aliphatic carbocycles. The zero-order valence-electron chi connectivity index (χ0n) is 19.7. The fourth-order valence-electron chi connectivity index (χ4n) is 3.27. The van der Waals surface area contributed by atoms with Gasteiger partial charge in [0.05, 0.1) is 26.4 Å². The van der Waals surface area contributed by atoms with Crippen LogP contribution in [0.3, 0.4) is 0 Å². The van der Waals surface area contributed by atoms with Gasteiger partial charge in [-0.2, -0.15) is 4.98 Å². The number of aromatic nitrogens is 3. The Morgan fingerprint density at radius 3 is 2.44 bits per heavy atom. The number of benzene rings is 2. The second-order valence-electron chi connectivity index (χ2n) is 7.63. The van der Waals surface area contributed by atoms with Crippen molar-refractivity contribution in [1.29, 1.82) is 0 Å². The number of carbonyl (C=O) groups excluding carboxylic acids is 2. The van der Waals surface area contributed by atoms with Gasteiger partial charge in [-0.25, -0.2) is 0 Å². The number of ether oxygens (including phenoxy) is 3. The summed E-state index contributed by atoms with van der Waals surface area (Å²) in [6.07, 6.45) is 3.37. The molecule has 34 heavy (non-hydrogen) atoms. The highest BCUT2D eigenvalue weighted by molar-refractivity contribution is 5.99. The Hall–Kier alpha value is -3.88. The van der Waals surface area contributed by atoms with Crippen molar-refractivity contribution in [2.75, 3.05) is 26.1 Å². The number of H-pyrrole nitrogens is 1. The molecule has 0 fully saturated rings.